The Kier molecular flexibility index (Phi) is 16.5. The Balaban J connectivity index is 0. The van der Waals surface area contributed by atoms with E-state index in [0.717, 1.165) is 31.4 Å². The van der Waals surface area contributed by atoms with E-state index in [1.54, 1.807) is 0 Å². The second kappa shape index (κ2) is 14.6. The Bertz CT molecular complexity index is 186. The molecule has 2 N–H and O–H groups in total. The highest BCUT2D eigenvalue weighted by Crippen LogP contribution is 2.05. The predicted octanol–water partition coefficient (Wildman–Crippen LogP) is 2.34. The first-order chi connectivity index (χ1) is 7.54. The molecule has 6 heteroatoms. The van der Waals surface area contributed by atoms with Gasteiger partial charge in [0.15, 0.2) is 0 Å². The molecule has 0 bridgehead atoms. The van der Waals surface area contributed by atoms with Gasteiger partial charge in [-0.3, -0.25) is 9.59 Å². The molecule has 0 saturated heterocycles. The molecule has 0 aliphatic rings. The lowest BCUT2D eigenvalue weighted by molar-refractivity contribution is -0.137. The fourth-order valence-electron chi connectivity index (χ4n) is 0.918. The van der Waals surface area contributed by atoms with E-state index in [1.165, 1.54) is 6.42 Å². The second-order valence-electron chi connectivity index (χ2n) is 3.19. The maximum absolute atomic E-state index is 10.1. The number of aliphatic carboxylic acids is 2. The highest BCUT2D eigenvalue weighted by Gasteiger charge is 1.95. The standard InChI is InChI=1S/C8H16O2S.C2H4O2S/c9-8(10)6-4-2-1-3-5-7-11;3-2(4)1-5/h11H,1-7H2,(H,9,10);5H,1H2,(H,3,4). The van der Waals surface area contributed by atoms with Gasteiger partial charge in [0.25, 0.3) is 0 Å². The van der Waals surface area contributed by atoms with Gasteiger partial charge < -0.3 is 10.2 Å². The molecule has 16 heavy (non-hydrogen) atoms. The van der Waals surface area contributed by atoms with Gasteiger partial charge in [-0.05, 0) is 18.6 Å². The molecule has 0 unspecified atom stereocenters. The summed E-state index contributed by atoms with van der Waals surface area (Å²) in [6.45, 7) is 0. The van der Waals surface area contributed by atoms with Crippen molar-refractivity contribution in [3.05, 3.63) is 0 Å². The van der Waals surface area contributed by atoms with Gasteiger partial charge in [0.1, 0.15) is 0 Å². The molecule has 0 spiro atoms. The Morgan fingerprint density at radius 3 is 1.62 bits per heavy atom. The summed E-state index contributed by atoms with van der Waals surface area (Å²) in [6.07, 6.45) is 5.66. The van der Waals surface area contributed by atoms with Crippen molar-refractivity contribution in [2.45, 2.75) is 38.5 Å². The smallest absolute Gasteiger partial charge is 0.313 e. The Morgan fingerprint density at radius 2 is 1.25 bits per heavy atom. The fraction of sp³-hybridized carbons (Fsp3) is 0.800. The van der Waals surface area contributed by atoms with Crippen molar-refractivity contribution >= 4 is 37.2 Å². The van der Waals surface area contributed by atoms with Crippen molar-refractivity contribution in [3.8, 4) is 0 Å². The molecule has 0 aromatic rings. The molecule has 0 fully saturated rings. The van der Waals surface area contributed by atoms with Gasteiger partial charge in [-0.15, -0.1) is 0 Å². The van der Waals surface area contributed by atoms with Gasteiger partial charge in [0.2, 0.25) is 0 Å². The molecular weight excluding hydrogens is 248 g/mol. The lowest BCUT2D eigenvalue weighted by atomic mass is 10.1. The molecule has 0 aromatic carbocycles. The van der Waals surface area contributed by atoms with Crippen LogP contribution >= 0.6 is 25.3 Å². The quantitative estimate of drug-likeness (QED) is 0.403. The van der Waals surface area contributed by atoms with Crippen LogP contribution < -0.4 is 0 Å². The largest absolute Gasteiger partial charge is 0.481 e. The summed E-state index contributed by atoms with van der Waals surface area (Å²) in [5.74, 6) is -0.702. The third-order valence-corrected chi connectivity index (χ3v) is 2.27. The molecule has 0 saturated carbocycles. The first-order valence-electron chi connectivity index (χ1n) is 5.20. The van der Waals surface area contributed by atoms with Crippen LogP contribution in [0.3, 0.4) is 0 Å². The summed E-state index contributed by atoms with van der Waals surface area (Å²) in [6, 6.07) is 0. The summed E-state index contributed by atoms with van der Waals surface area (Å²) in [7, 11) is 0. The van der Waals surface area contributed by atoms with Crippen molar-refractivity contribution < 1.29 is 19.8 Å². The van der Waals surface area contributed by atoms with Crippen molar-refractivity contribution in [1.29, 1.82) is 0 Å². The van der Waals surface area contributed by atoms with Crippen molar-refractivity contribution in [3.63, 3.8) is 0 Å². The summed E-state index contributed by atoms with van der Waals surface area (Å²) < 4.78 is 0. The summed E-state index contributed by atoms with van der Waals surface area (Å²) in [4.78, 5) is 19.4. The lowest BCUT2D eigenvalue weighted by Gasteiger charge is -1.96. The van der Waals surface area contributed by atoms with Crippen LogP contribution in [0, 0.1) is 0 Å². The number of thiol groups is 2. The van der Waals surface area contributed by atoms with Crippen LogP contribution in [0.25, 0.3) is 0 Å². The van der Waals surface area contributed by atoms with Crippen LogP contribution in [0.2, 0.25) is 0 Å². The molecule has 0 rings (SSSR count). The summed E-state index contributed by atoms with van der Waals surface area (Å²) in [5.41, 5.74) is 0. The van der Waals surface area contributed by atoms with Crippen LogP contribution in [-0.4, -0.2) is 33.7 Å². The molecule has 0 aliphatic carbocycles. The minimum Gasteiger partial charge on any atom is -0.481 e. The summed E-state index contributed by atoms with van der Waals surface area (Å²) >= 11 is 7.50. The molecule has 0 radical (unpaired) electrons. The second-order valence-corrected chi connectivity index (χ2v) is 3.95. The first kappa shape index (κ1) is 18.0. The topological polar surface area (TPSA) is 74.6 Å². The monoisotopic (exact) mass is 268 g/mol. The molecule has 0 aliphatic heterocycles. The molecule has 0 atom stereocenters. The molecule has 4 nitrogen and oxygen atoms in total. The maximum Gasteiger partial charge on any atom is 0.313 e. The molecule has 0 aromatic heterocycles. The molecule has 96 valence electrons. The lowest BCUT2D eigenvalue weighted by Crippen LogP contribution is -1.93. The number of carbonyl (C=O) groups is 2. The van der Waals surface area contributed by atoms with E-state index in [9.17, 15) is 9.59 Å². The average Bonchev–Trinajstić information content (AvgIpc) is 2.23. The van der Waals surface area contributed by atoms with Crippen molar-refractivity contribution in [2.75, 3.05) is 11.5 Å². The minimum absolute atomic E-state index is 0.0833. The van der Waals surface area contributed by atoms with Crippen molar-refractivity contribution in [1.82, 2.24) is 0 Å². The van der Waals surface area contributed by atoms with Gasteiger partial charge in [-0.1, -0.05) is 19.3 Å². The van der Waals surface area contributed by atoms with Crippen LogP contribution in [0.4, 0.5) is 0 Å². The Morgan fingerprint density at radius 1 is 0.812 bits per heavy atom. The van der Waals surface area contributed by atoms with E-state index in [2.05, 4.69) is 25.3 Å². The SMILES string of the molecule is O=C(O)CCCCCCCS.O=C(O)CS. The Hall–Kier alpha value is -0.360. The first-order valence-corrected chi connectivity index (χ1v) is 6.46. The Labute approximate surface area is 107 Å². The zero-order valence-corrected chi connectivity index (χ0v) is 11.1. The van der Waals surface area contributed by atoms with E-state index >= 15 is 0 Å². The highest BCUT2D eigenvalue weighted by atomic mass is 32.1. The van der Waals surface area contributed by atoms with Crippen LogP contribution in [0.15, 0.2) is 0 Å². The van der Waals surface area contributed by atoms with Gasteiger partial charge >= 0.3 is 11.9 Å². The fourth-order valence-corrected chi connectivity index (χ4v) is 1.14. The number of hydrogen-bond donors (Lipinski definition) is 4. The zero-order valence-electron chi connectivity index (χ0n) is 9.26. The van der Waals surface area contributed by atoms with E-state index in [4.69, 9.17) is 10.2 Å². The van der Waals surface area contributed by atoms with E-state index in [1.807, 2.05) is 0 Å². The van der Waals surface area contributed by atoms with E-state index in [0.29, 0.717) is 6.42 Å². The number of carboxylic acid groups (broad SMARTS) is 2. The van der Waals surface area contributed by atoms with Crippen LogP contribution in [0.1, 0.15) is 38.5 Å². The average molecular weight is 268 g/mol. The normalized spacial score (nSPS) is 9.12. The van der Waals surface area contributed by atoms with Gasteiger partial charge in [-0.25, -0.2) is 0 Å². The van der Waals surface area contributed by atoms with E-state index < -0.39 is 11.9 Å². The highest BCUT2D eigenvalue weighted by molar-refractivity contribution is 7.81. The minimum atomic E-state index is -0.881. The van der Waals surface area contributed by atoms with Crippen LogP contribution in [0.5, 0.6) is 0 Å². The third-order valence-electron chi connectivity index (χ3n) is 1.68. The summed E-state index contributed by atoms with van der Waals surface area (Å²) in [5, 5.41) is 15.9. The van der Waals surface area contributed by atoms with Gasteiger partial charge in [0.05, 0.1) is 5.75 Å². The number of unbranched alkanes of at least 4 members (excludes halogenated alkanes) is 4. The molecule has 0 amide bonds. The zero-order chi connectivity index (χ0) is 12.8. The van der Waals surface area contributed by atoms with Gasteiger partial charge in [-0.2, -0.15) is 25.3 Å². The molecule has 0 heterocycles. The predicted molar refractivity (Wildman–Crippen MR) is 70.7 cm³/mol. The van der Waals surface area contributed by atoms with Crippen LogP contribution in [-0.2, 0) is 9.59 Å². The molecular formula is C10H20O4S2. The number of hydrogen-bond acceptors (Lipinski definition) is 4. The number of rotatable bonds is 8. The van der Waals surface area contributed by atoms with E-state index in [-0.39, 0.29) is 5.75 Å². The maximum atomic E-state index is 10.1. The van der Waals surface area contributed by atoms with Gasteiger partial charge in [0, 0.05) is 6.42 Å². The van der Waals surface area contributed by atoms with Crippen molar-refractivity contribution in [2.24, 2.45) is 0 Å². The number of carboxylic acids is 2. The third kappa shape index (κ3) is 23.5.